The summed E-state index contributed by atoms with van der Waals surface area (Å²) >= 11 is 0. The first-order valence-corrected chi connectivity index (χ1v) is 11.1. The second-order valence-electron chi connectivity index (χ2n) is 9.73. The molecule has 0 bridgehead atoms. The largest absolute Gasteiger partial charge is 0.481 e. The molecule has 0 aliphatic heterocycles. The summed E-state index contributed by atoms with van der Waals surface area (Å²) in [5, 5.41) is 23.1. The average molecular weight is 411 g/mol. The standard InChI is InChI=1S/C24H30N2O4/c1-15(27)30-26-17-4-6-18-16(13-17)3-5-20-19(18)7-9-23(2)21(20)8-10-24(23,11-12-25)14-22(28)29/h13,20-21H,3-11,14H2,1-2H3,(H,28,29)/b26-17+/t20-,21+,23+,24+/m1/s1. The number of hydrogen-bond acceptors (Lipinski definition) is 5. The van der Waals surface area contributed by atoms with Crippen molar-refractivity contribution < 1.29 is 19.5 Å². The molecule has 6 heteroatoms. The Bertz CT molecular complexity index is 909. The Kier molecular flexibility index (Phi) is 5.34. The van der Waals surface area contributed by atoms with E-state index in [1.54, 1.807) is 5.57 Å². The zero-order chi connectivity index (χ0) is 21.5. The molecular formula is C24H30N2O4. The lowest BCUT2D eigenvalue weighted by molar-refractivity contribution is -0.143. The Hall–Kier alpha value is -2.42. The highest BCUT2D eigenvalue weighted by atomic mass is 16.7. The van der Waals surface area contributed by atoms with E-state index < -0.39 is 17.4 Å². The van der Waals surface area contributed by atoms with Crippen LogP contribution in [-0.2, 0) is 14.4 Å². The zero-order valence-corrected chi connectivity index (χ0v) is 17.9. The summed E-state index contributed by atoms with van der Waals surface area (Å²) in [6.45, 7) is 3.62. The van der Waals surface area contributed by atoms with Crippen molar-refractivity contribution in [1.82, 2.24) is 0 Å². The van der Waals surface area contributed by atoms with Crippen LogP contribution in [0.2, 0.25) is 0 Å². The van der Waals surface area contributed by atoms with Crippen LogP contribution in [0.4, 0.5) is 0 Å². The smallest absolute Gasteiger partial charge is 0.331 e. The number of carboxylic acid groups (broad SMARTS) is 1. The first kappa shape index (κ1) is 20.8. The van der Waals surface area contributed by atoms with Crippen LogP contribution in [0, 0.1) is 34.0 Å². The fraction of sp³-hybridized carbons (Fsp3) is 0.667. The Morgan fingerprint density at radius 1 is 1.27 bits per heavy atom. The molecule has 4 aliphatic rings. The fourth-order valence-electron chi connectivity index (χ4n) is 7.05. The van der Waals surface area contributed by atoms with Crippen LogP contribution in [0.1, 0.15) is 78.1 Å². The summed E-state index contributed by atoms with van der Waals surface area (Å²) in [4.78, 5) is 27.6. The molecule has 0 spiro atoms. The number of oxime groups is 1. The number of nitriles is 1. The maximum absolute atomic E-state index is 11.7. The van der Waals surface area contributed by atoms with Gasteiger partial charge < -0.3 is 9.94 Å². The molecule has 4 atom stereocenters. The molecule has 0 saturated heterocycles. The SMILES string of the molecule is CC(=O)O/N=C1/C=C2CC[C@@H]3C(=C2CC1)CC[C@@]1(C)[C@H]3CC[C@]1(CC#N)CC(=O)O. The van der Waals surface area contributed by atoms with Crippen LogP contribution in [0.3, 0.4) is 0 Å². The average Bonchev–Trinajstić information content (AvgIpc) is 2.98. The third-order valence-electron chi connectivity index (χ3n) is 8.48. The van der Waals surface area contributed by atoms with Crippen molar-refractivity contribution in [2.24, 2.45) is 27.8 Å². The summed E-state index contributed by atoms with van der Waals surface area (Å²) in [5.41, 5.74) is 4.69. The van der Waals surface area contributed by atoms with Gasteiger partial charge in [-0.2, -0.15) is 5.26 Å². The summed E-state index contributed by atoms with van der Waals surface area (Å²) in [6, 6.07) is 2.32. The normalized spacial score (nSPS) is 36.3. The van der Waals surface area contributed by atoms with E-state index in [2.05, 4.69) is 24.2 Å². The van der Waals surface area contributed by atoms with E-state index in [4.69, 9.17) is 4.84 Å². The minimum Gasteiger partial charge on any atom is -0.481 e. The van der Waals surface area contributed by atoms with Crippen LogP contribution < -0.4 is 0 Å². The lowest BCUT2D eigenvalue weighted by atomic mass is 9.51. The molecule has 0 aromatic carbocycles. The highest BCUT2D eigenvalue weighted by Crippen LogP contribution is 2.68. The first-order valence-electron chi connectivity index (χ1n) is 11.1. The number of carbonyl (C=O) groups is 2. The van der Waals surface area contributed by atoms with Gasteiger partial charge in [-0.1, -0.05) is 17.7 Å². The predicted molar refractivity (Wildman–Crippen MR) is 111 cm³/mol. The minimum atomic E-state index is -0.781. The van der Waals surface area contributed by atoms with E-state index in [0.717, 1.165) is 57.1 Å². The first-order chi connectivity index (χ1) is 14.3. The van der Waals surface area contributed by atoms with Gasteiger partial charge in [0, 0.05) is 13.3 Å². The van der Waals surface area contributed by atoms with Gasteiger partial charge in [0.25, 0.3) is 0 Å². The number of hydrogen-bond donors (Lipinski definition) is 1. The van der Waals surface area contributed by atoms with E-state index >= 15 is 0 Å². The Morgan fingerprint density at radius 3 is 2.77 bits per heavy atom. The fourth-order valence-corrected chi connectivity index (χ4v) is 7.05. The number of carboxylic acids is 1. The molecule has 4 aliphatic carbocycles. The van der Waals surface area contributed by atoms with E-state index in [1.807, 2.05) is 0 Å². The number of allylic oxidation sites excluding steroid dienone is 4. The van der Waals surface area contributed by atoms with Crippen LogP contribution in [0.15, 0.2) is 28.0 Å². The van der Waals surface area contributed by atoms with E-state index in [0.29, 0.717) is 18.3 Å². The number of rotatable bonds is 4. The van der Waals surface area contributed by atoms with Gasteiger partial charge in [0.05, 0.1) is 18.2 Å². The summed E-state index contributed by atoms with van der Waals surface area (Å²) < 4.78 is 0. The van der Waals surface area contributed by atoms with Crippen molar-refractivity contribution in [2.75, 3.05) is 0 Å². The molecule has 4 rings (SSSR count). The molecule has 0 aromatic heterocycles. The molecule has 0 radical (unpaired) electrons. The molecule has 6 nitrogen and oxygen atoms in total. The monoisotopic (exact) mass is 410 g/mol. The highest BCUT2D eigenvalue weighted by molar-refractivity contribution is 5.97. The lowest BCUT2D eigenvalue weighted by Gasteiger charge is -2.53. The van der Waals surface area contributed by atoms with E-state index in [1.165, 1.54) is 18.1 Å². The third kappa shape index (κ3) is 3.29. The van der Waals surface area contributed by atoms with Gasteiger partial charge >= 0.3 is 11.9 Å². The highest BCUT2D eigenvalue weighted by Gasteiger charge is 2.61. The van der Waals surface area contributed by atoms with Crippen molar-refractivity contribution in [3.05, 3.63) is 22.8 Å². The lowest BCUT2D eigenvalue weighted by Crippen LogP contribution is -2.46. The van der Waals surface area contributed by atoms with Gasteiger partial charge in [-0.05, 0) is 91.3 Å². The number of aliphatic carboxylic acids is 1. The number of nitrogens with zero attached hydrogens (tertiary/aromatic N) is 2. The maximum Gasteiger partial charge on any atom is 0.331 e. The van der Waals surface area contributed by atoms with Crippen molar-refractivity contribution in [3.8, 4) is 6.07 Å². The van der Waals surface area contributed by atoms with Crippen LogP contribution in [0.25, 0.3) is 0 Å². The molecule has 30 heavy (non-hydrogen) atoms. The molecular weight excluding hydrogens is 380 g/mol. The van der Waals surface area contributed by atoms with Gasteiger partial charge in [-0.15, -0.1) is 0 Å². The second-order valence-corrected chi connectivity index (χ2v) is 9.73. The molecule has 0 heterocycles. The quantitative estimate of drug-likeness (QED) is 0.524. The maximum atomic E-state index is 11.7. The topological polar surface area (TPSA) is 99.8 Å². The summed E-state index contributed by atoms with van der Waals surface area (Å²) in [5.74, 6) is -0.225. The van der Waals surface area contributed by atoms with Gasteiger partial charge in [-0.3, -0.25) is 4.79 Å². The van der Waals surface area contributed by atoms with Crippen LogP contribution >= 0.6 is 0 Å². The van der Waals surface area contributed by atoms with Crippen molar-refractivity contribution in [3.63, 3.8) is 0 Å². The minimum absolute atomic E-state index is 0.0896. The van der Waals surface area contributed by atoms with Crippen molar-refractivity contribution in [2.45, 2.75) is 78.1 Å². The summed E-state index contributed by atoms with van der Waals surface area (Å²) in [6.07, 6.45) is 10.1. The molecule has 2 fully saturated rings. The molecule has 160 valence electrons. The van der Waals surface area contributed by atoms with Gasteiger partial charge in [0.2, 0.25) is 0 Å². The van der Waals surface area contributed by atoms with E-state index in [-0.39, 0.29) is 11.8 Å². The zero-order valence-electron chi connectivity index (χ0n) is 17.9. The third-order valence-corrected chi connectivity index (χ3v) is 8.48. The molecule has 2 saturated carbocycles. The van der Waals surface area contributed by atoms with Gasteiger partial charge in [-0.25, -0.2) is 4.79 Å². The van der Waals surface area contributed by atoms with Crippen LogP contribution in [-0.4, -0.2) is 22.8 Å². The Labute approximate surface area is 177 Å². The Morgan fingerprint density at radius 2 is 2.07 bits per heavy atom. The van der Waals surface area contributed by atoms with Crippen molar-refractivity contribution in [1.29, 1.82) is 5.26 Å². The molecule has 1 N–H and O–H groups in total. The van der Waals surface area contributed by atoms with Crippen molar-refractivity contribution >= 4 is 17.7 Å². The van der Waals surface area contributed by atoms with Gasteiger partial charge in [0.1, 0.15) is 0 Å². The number of fused-ring (bicyclic) bond motifs is 4. The Balaban J connectivity index is 1.64. The second kappa shape index (κ2) is 7.68. The van der Waals surface area contributed by atoms with Crippen LogP contribution in [0.5, 0.6) is 0 Å². The number of carbonyl (C=O) groups excluding carboxylic acids is 1. The molecule has 0 aromatic rings. The van der Waals surface area contributed by atoms with Gasteiger partial charge in [0.15, 0.2) is 0 Å². The molecule has 0 amide bonds. The predicted octanol–water partition coefficient (Wildman–Crippen LogP) is 4.92. The molecule has 0 unspecified atom stereocenters. The summed E-state index contributed by atoms with van der Waals surface area (Å²) in [7, 11) is 0. The van der Waals surface area contributed by atoms with E-state index in [9.17, 15) is 20.0 Å².